The Bertz CT molecular complexity index is 654. The minimum atomic E-state index is 0.0355. The van der Waals surface area contributed by atoms with E-state index in [1.165, 1.54) is 13.0 Å². The zero-order valence-corrected chi connectivity index (χ0v) is 13.0. The van der Waals surface area contributed by atoms with Crippen LogP contribution in [-0.4, -0.2) is 36.5 Å². The summed E-state index contributed by atoms with van der Waals surface area (Å²) in [5.74, 6) is 0.672. The molecule has 2 fully saturated rings. The number of nitrogens with one attached hydrogen (secondary N) is 1. The van der Waals surface area contributed by atoms with Gasteiger partial charge in [0, 0.05) is 29.6 Å². The van der Waals surface area contributed by atoms with Crippen LogP contribution in [0.5, 0.6) is 0 Å². The molecule has 4 nitrogen and oxygen atoms in total. The molecule has 1 N–H and O–H groups in total. The number of nitrogens with zero attached hydrogens (tertiary/aromatic N) is 1. The van der Waals surface area contributed by atoms with E-state index in [1.807, 2.05) is 36.4 Å². The van der Waals surface area contributed by atoms with Gasteiger partial charge in [-0.15, -0.1) is 0 Å². The number of furan rings is 1. The molecule has 0 radical (unpaired) electrons. The van der Waals surface area contributed by atoms with Crippen LogP contribution in [0.3, 0.4) is 0 Å². The molecule has 2 aliphatic heterocycles. The third-order valence-corrected chi connectivity index (χ3v) is 5.42. The fourth-order valence-electron chi connectivity index (χ4n) is 3.31. The van der Waals surface area contributed by atoms with Gasteiger partial charge >= 0.3 is 0 Å². The van der Waals surface area contributed by atoms with Gasteiger partial charge in [-0.05, 0) is 55.3 Å². The molecule has 0 saturated carbocycles. The topological polar surface area (TPSA) is 45.5 Å². The van der Waals surface area contributed by atoms with Gasteiger partial charge in [-0.25, -0.2) is 0 Å². The number of carbonyl (C=O) groups excluding carboxylic acids is 1. The number of hydrogen-bond acceptors (Lipinski definition) is 4. The molecule has 3 heterocycles. The highest BCUT2D eigenvalue weighted by atomic mass is 32.2. The Morgan fingerprint density at radius 2 is 2.09 bits per heavy atom. The van der Waals surface area contributed by atoms with Gasteiger partial charge in [0.2, 0.25) is 0 Å². The van der Waals surface area contributed by atoms with E-state index in [1.54, 1.807) is 18.0 Å². The number of rotatable bonds is 4. The second-order valence-corrected chi connectivity index (χ2v) is 7.02. The third kappa shape index (κ3) is 2.78. The van der Waals surface area contributed by atoms with Gasteiger partial charge in [0.1, 0.15) is 0 Å². The Kier molecular flexibility index (Phi) is 3.68. The maximum Gasteiger partial charge on any atom is 0.251 e. The molecule has 5 heteroatoms. The van der Waals surface area contributed by atoms with Crippen molar-refractivity contribution in [3.8, 4) is 0 Å². The Morgan fingerprint density at radius 3 is 2.73 bits per heavy atom. The standard InChI is InChI=1S/C17H18N2O2S/c20-17(18-15-11-19-8-7-13(15)10-19)12-3-5-14(6-4-12)22-16-2-1-9-21-16/h1-6,9,13,15H,7-8,10-11H2,(H,18,20). The van der Waals surface area contributed by atoms with Gasteiger partial charge in [0.05, 0.1) is 6.26 Å². The van der Waals surface area contributed by atoms with Crippen molar-refractivity contribution in [2.75, 3.05) is 19.6 Å². The summed E-state index contributed by atoms with van der Waals surface area (Å²) in [5, 5.41) is 4.04. The van der Waals surface area contributed by atoms with E-state index in [0.29, 0.717) is 12.0 Å². The maximum absolute atomic E-state index is 12.4. The van der Waals surface area contributed by atoms with Crippen molar-refractivity contribution in [2.24, 2.45) is 5.92 Å². The van der Waals surface area contributed by atoms with Crippen LogP contribution in [0.4, 0.5) is 0 Å². The first-order valence-corrected chi connectivity index (χ1v) is 8.44. The fourth-order valence-corrected chi connectivity index (χ4v) is 4.07. The van der Waals surface area contributed by atoms with Crippen molar-refractivity contribution in [3.05, 3.63) is 48.2 Å². The summed E-state index contributed by atoms with van der Waals surface area (Å²) in [6.45, 7) is 3.34. The predicted molar refractivity (Wildman–Crippen MR) is 85.1 cm³/mol. The van der Waals surface area contributed by atoms with E-state index in [-0.39, 0.29) is 5.91 Å². The SMILES string of the molecule is O=C(NC1CN2CCC1C2)c1ccc(Sc2ccco2)cc1. The summed E-state index contributed by atoms with van der Waals surface area (Å²) >= 11 is 1.55. The van der Waals surface area contributed by atoms with E-state index < -0.39 is 0 Å². The first-order valence-electron chi connectivity index (χ1n) is 7.62. The molecule has 3 unspecified atom stereocenters. The normalized spacial score (nSPS) is 26.3. The second-order valence-electron chi connectivity index (χ2n) is 5.95. The van der Waals surface area contributed by atoms with Crippen LogP contribution in [0.2, 0.25) is 0 Å². The Balaban J connectivity index is 1.38. The molecule has 0 aliphatic carbocycles. The molecule has 2 aromatic rings. The molecule has 2 bridgehead atoms. The zero-order chi connectivity index (χ0) is 14.9. The van der Waals surface area contributed by atoms with Crippen molar-refractivity contribution in [2.45, 2.75) is 22.5 Å². The first kappa shape index (κ1) is 13.9. The second kappa shape index (κ2) is 5.82. The van der Waals surface area contributed by atoms with Crippen molar-refractivity contribution < 1.29 is 9.21 Å². The average molecular weight is 314 g/mol. The number of carbonyl (C=O) groups is 1. The van der Waals surface area contributed by atoms with Crippen molar-refractivity contribution in [3.63, 3.8) is 0 Å². The Hall–Kier alpha value is -1.72. The highest BCUT2D eigenvalue weighted by Crippen LogP contribution is 2.29. The summed E-state index contributed by atoms with van der Waals surface area (Å²) < 4.78 is 5.31. The minimum Gasteiger partial charge on any atom is -0.458 e. The quantitative estimate of drug-likeness (QED) is 0.942. The van der Waals surface area contributed by atoms with Gasteiger partial charge in [-0.3, -0.25) is 4.79 Å². The van der Waals surface area contributed by atoms with Gasteiger partial charge < -0.3 is 14.6 Å². The van der Waals surface area contributed by atoms with Crippen LogP contribution in [0.1, 0.15) is 16.8 Å². The largest absolute Gasteiger partial charge is 0.458 e. The van der Waals surface area contributed by atoms with Crippen LogP contribution < -0.4 is 5.32 Å². The van der Waals surface area contributed by atoms with E-state index in [9.17, 15) is 4.79 Å². The summed E-state index contributed by atoms with van der Waals surface area (Å²) in [7, 11) is 0. The predicted octanol–water partition coefficient (Wildman–Crippen LogP) is 2.86. The van der Waals surface area contributed by atoms with Gasteiger partial charge in [0.15, 0.2) is 5.09 Å². The van der Waals surface area contributed by atoms with E-state index in [4.69, 9.17) is 4.42 Å². The van der Waals surface area contributed by atoms with Crippen molar-refractivity contribution >= 4 is 17.7 Å². The molecule has 114 valence electrons. The zero-order valence-electron chi connectivity index (χ0n) is 12.2. The molecule has 2 aliphatic rings. The van der Waals surface area contributed by atoms with E-state index in [0.717, 1.165) is 28.6 Å². The average Bonchev–Trinajstić information content (AvgIpc) is 3.25. The molecule has 22 heavy (non-hydrogen) atoms. The highest BCUT2D eigenvalue weighted by Gasteiger charge is 2.38. The smallest absolute Gasteiger partial charge is 0.251 e. The number of benzene rings is 1. The number of fused-ring (bicyclic) bond motifs is 2. The third-order valence-electron chi connectivity index (χ3n) is 4.48. The number of hydrogen-bond donors (Lipinski definition) is 1. The maximum atomic E-state index is 12.4. The Labute approximate surface area is 133 Å². The van der Waals surface area contributed by atoms with Gasteiger partial charge in [-0.1, -0.05) is 11.8 Å². The summed E-state index contributed by atoms with van der Waals surface area (Å²) in [5.41, 5.74) is 0.724. The summed E-state index contributed by atoms with van der Waals surface area (Å²) in [6.07, 6.45) is 2.87. The lowest BCUT2D eigenvalue weighted by atomic mass is 9.99. The number of piperidine rings is 1. The molecule has 0 spiro atoms. The van der Waals surface area contributed by atoms with Crippen LogP contribution in [0, 0.1) is 5.92 Å². The van der Waals surface area contributed by atoms with Crippen molar-refractivity contribution in [1.29, 1.82) is 0 Å². The molecular formula is C17H18N2O2S. The van der Waals surface area contributed by atoms with Crippen LogP contribution in [-0.2, 0) is 0 Å². The molecule has 3 atom stereocenters. The molecule has 1 amide bonds. The molecule has 1 aromatic heterocycles. The van der Waals surface area contributed by atoms with Crippen LogP contribution in [0.25, 0.3) is 0 Å². The highest BCUT2D eigenvalue weighted by molar-refractivity contribution is 7.99. The monoisotopic (exact) mass is 314 g/mol. The summed E-state index contributed by atoms with van der Waals surface area (Å²) in [4.78, 5) is 15.8. The fraction of sp³-hybridized carbons (Fsp3) is 0.353. The van der Waals surface area contributed by atoms with E-state index in [2.05, 4.69) is 10.2 Å². The molecule has 2 saturated heterocycles. The van der Waals surface area contributed by atoms with Crippen molar-refractivity contribution in [1.82, 2.24) is 10.2 Å². The van der Waals surface area contributed by atoms with Gasteiger partial charge in [-0.2, -0.15) is 0 Å². The van der Waals surface area contributed by atoms with Crippen LogP contribution >= 0.6 is 11.8 Å². The lowest BCUT2D eigenvalue weighted by molar-refractivity contribution is 0.0924. The number of amides is 1. The summed E-state index contributed by atoms with van der Waals surface area (Å²) in [6, 6.07) is 11.8. The van der Waals surface area contributed by atoms with E-state index >= 15 is 0 Å². The minimum absolute atomic E-state index is 0.0355. The first-order chi connectivity index (χ1) is 10.8. The van der Waals surface area contributed by atoms with Gasteiger partial charge in [0.25, 0.3) is 5.91 Å². The molecule has 4 rings (SSSR count). The molecule has 1 aromatic carbocycles. The lowest BCUT2D eigenvalue weighted by Gasteiger charge is -2.23. The van der Waals surface area contributed by atoms with Crippen LogP contribution in [0.15, 0.2) is 57.1 Å². The lowest BCUT2D eigenvalue weighted by Crippen LogP contribution is -2.43. The molecular weight excluding hydrogens is 296 g/mol. The Morgan fingerprint density at radius 1 is 1.23 bits per heavy atom.